The highest BCUT2D eigenvalue weighted by molar-refractivity contribution is 5.95. The van der Waals surface area contributed by atoms with E-state index in [2.05, 4.69) is 0 Å². The number of carbonyl (C=O) groups excluding carboxylic acids is 1. The Kier molecular flexibility index (Phi) is 3.87. The number of benzene rings is 1. The molecular weight excluding hydrogens is 232 g/mol. The van der Waals surface area contributed by atoms with Crippen molar-refractivity contribution in [2.45, 2.75) is 13.8 Å². The van der Waals surface area contributed by atoms with Crippen molar-refractivity contribution < 1.29 is 19.0 Å². The number of ether oxygens (including phenoxy) is 3. The summed E-state index contributed by atoms with van der Waals surface area (Å²) in [5.74, 6) is 1.06. The molecule has 0 atom stereocenters. The summed E-state index contributed by atoms with van der Waals surface area (Å²) < 4.78 is 16.0. The molecule has 1 aliphatic rings. The smallest absolute Gasteiger partial charge is 0.337 e. The average molecular weight is 248 g/mol. The van der Waals surface area contributed by atoms with Crippen LogP contribution in [0.15, 0.2) is 23.8 Å². The van der Waals surface area contributed by atoms with Gasteiger partial charge >= 0.3 is 5.97 Å². The maximum atomic E-state index is 11.6. The average Bonchev–Trinajstić information content (AvgIpc) is 2.39. The number of fused-ring (bicyclic) bond motifs is 1. The van der Waals surface area contributed by atoms with Gasteiger partial charge in [-0.2, -0.15) is 0 Å². The Morgan fingerprint density at radius 1 is 1.33 bits per heavy atom. The third-order valence-corrected chi connectivity index (χ3v) is 2.55. The molecule has 0 unspecified atom stereocenters. The minimum absolute atomic E-state index is 0.218. The summed E-state index contributed by atoms with van der Waals surface area (Å²) >= 11 is 0. The van der Waals surface area contributed by atoms with Crippen molar-refractivity contribution in [1.29, 1.82) is 0 Å². The molecule has 0 spiro atoms. The number of hydrogen-bond donors (Lipinski definition) is 0. The molecule has 1 aromatic rings. The Bertz CT molecular complexity index is 477. The Labute approximate surface area is 106 Å². The minimum atomic E-state index is -0.329. The van der Waals surface area contributed by atoms with Gasteiger partial charge in [0.15, 0.2) is 11.5 Å². The fourth-order valence-corrected chi connectivity index (χ4v) is 1.79. The van der Waals surface area contributed by atoms with Crippen LogP contribution in [0.5, 0.6) is 11.5 Å². The van der Waals surface area contributed by atoms with E-state index in [0.717, 1.165) is 5.56 Å². The van der Waals surface area contributed by atoms with Gasteiger partial charge in [-0.25, -0.2) is 4.79 Å². The summed E-state index contributed by atoms with van der Waals surface area (Å²) in [6, 6.07) is 5.61. The monoisotopic (exact) mass is 248 g/mol. The predicted octanol–water partition coefficient (Wildman–Crippen LogP) is 2.42. The first-order valence-electron chi connectivity index (χ1n) is 6.02. The summed E-state index contributed by atoms with van der Waals surface area (Å²) in [5.41, 5.74) is 1.37. The van der Waals surface area contributed by atoms with Gasteiger partial charge in [-0.15, -0.1) is 0 Å². The number of carbonyl (C=O) groups is 1. The number of rotatable bonds is 4. The van der Waals surface area contributed by atoms with Crippen LogP contribution in [-0.4, -0.2) is 25.8 Å². The Hall–Kier alpha value is -1.97. The van der Waals surface area contributed by atoms with Crippen LogP contribution in [0.25, 0.3) is 6.08 Å². The highest BCUT2D eigenvalue weighted by Gasteiger charge is 2.20. The van der Waals surface area contributed by atoms with Crippen molar-refractivity contribution >= 4 is 12.0 Å². The van der Waals surface area contributed by atoms with E-state index in [-0.39, 0.29) is 12.6 Å². The molecule has 96 valence electrons. The van der Waals surface area contributed by atoms with Crippen LogP contribution in [0.2, 0.25) is 0 Å². The summed E-state index contributed by atoms with van der Waals surface area (Å²) in [7, 11) is 0. The molecule has 4 heteroatoms. The Morgan fingerprint density at radius 2 is 2.17 bits per heavy atom. The van der Waals surface area contributed by atoms with Crippen LogP contribution in [0, 0.1) is 0 Å². The molecule has 18 heavy (non-hydrogen) atoms. The van der Waals surface area contributed by atoms with Gasteiger partial charge in [0.25, 0.3) is 0 Å². The molecule has 0 radical (unpaired) electrons. The maximum absolute atomic E-state index is 11.6. The lowest BCUT2D eigenvalue weighted by molar-refractivity contribution is -0.138. The quantitative estimate of drug-likeness (QED) is 0.768. The lowest BCUT2D eigenvalue weighted by atomic mass is 10.1. The van der Waals surface area contributed by atoms with Crippen molar-refractivity contribution in [3.63, 3.8) is 0 Å². The van der Waals surface area contributed by atoms with Gasteiger partial charge in [0.1, 0.15) is 6.61 Å². The molecule has 1 aliphatic heterocycles. The summed E-state index contributed by atoms with van der Waals surface area (Å²) in [6.45, 7) is 4.86. The van der Waals surface area contributed by atoms with Gasteiger partial charge in [-0.05, 0) is 26.0 Å². The molecule has 0 aliphatic carbocycles. The molecule has 1 aromatic carbocycles. The topological polar surface area (TPSA) is 44.8 Å². The fourth-order valence-electron chi connectivity index (χ4n) is 1.79. The lowest BCUT2D eigenvalue weighted by Gasteiger charge is -2.19. The summed E-state index contributed by atoms with van der Waals surface area (Å²) in [5, 5.41) is 0. The van der Waals surface area contributed by atoms with Crippen molar-refractivity contribution in [2.24, 2.45) is 0 Å². The van der Waals surface area contributed by atoms with E-state index in [9.17, 15) is 4.79 Å². The van der Waals surface area contributed by atoms with Crippen LogP contribution in [0.1, 0.15) is 19.4 Å². The van der Waals surface area contributed by atoms with E-state index in [1.165, 1.54) is 0 Å². The van der Waals surface area contributed by atoms with Crippen molar-refractivity contribution in [3.05, 3.63) is 29.3 Å². The first-order valence-corrected chi connectivity index (χ1v) is 6.02. The molecular formula is C14H16O4. The number of hydrogen-bond acceptors (Lipinski definition) is 4. The molecule has 0 amide bonds. The van der Waals surface area contributed by atoms with Gasteiger partial charge in [0.05, 0.1) is 18.8 Å². The SMILES string of the molecule is CCOC(=O)C1=Cc2cccc(OCC)c2OC1. The number of para-hydroxylation sites is 1. The normalized spacial score (nSPS) is 13.1. The molecule has 0 bridgehead atoms. The third-order valence-electron chi connectivity index (χ3n) is 2.55. The third kappa shape index (κ3) is 2.47. The fraction of sp³-hybridized carbons (Fsp3) is 0.357. The van der Waals surface area contributed by atoms with Gasteiger partial charge in [0, 0.05) is 5.56 Å². The second kappa shape index (κ2) is 5.58. The molecule has 0 saturated carbocycles. The second-order valence-electron chi connectivity index (χ2n) is 3.79. The van der Waals surface area contributed by atoms with E-state index >= 15 is 0 Å². The molecule has 2 rings (SSSR count). The second-order valence-corrected chi connectivity index (χ2v) is 3.79. The highest BCUT2D eigenvalue weighted by Crippen LogP contribution is 2.35. The highest BCUT2D eigenvalue weighted by atomic mass is 16.5. The van der Waals surface area contributed by atoms with E-state index in [1.807, 2.05) is 25.1 Å². The zero-order chi connectivity index (χ0) is 13.0. The lowest BCUT2D eigenvalue weighted by Crippen LogP contribution is -2.17. The maximum Gasteiger partial charge on any atom is 0.337 e. The van der Waals surface area contributed by atoms with Crippen LogP contribution >= 0.6 is 0 Å². The summed E-state index contributed by atoms with van der Waals surface area (Å²) in [4.78, 5) is 11.6. The molecule has 0 aromatic heterocycles. The number of esters is 1. The van der Waals surface area contributed by atoms with Crippen molar-refractivity contribution in [2.75, 3.05) is 19.8 Å². The Balaban J connectivity index is 2.29. The summed E-state index contributed by atoms with van der Waals surface area (Å²) in [6.07, 6.45) is 1.79. The van der Waals surface area contributed by atoms with Crippen molar-refractivity contribution in [3.8, 4) is 11.5 Å². The van der Waals surface area contributed by atoms with E-state index < -0.39 is 0 Å². The standard InChI is InChI=1S/C14H16O4/c1-3-16-12-7-5-6-10-8-11(9-18-13(10)12)14(15)17-4-2/h5-8H,3-4,9H2,1-2H3. The van der Waals surface area contributed by atoms with E-state index in [1.54, 1.807) is 13.0 Å². The molecule has 1 heterocycles. The van der Waals surface area contributed by atoms with Gasteiger partial charge < -0.3 is 14.2 Å². The van der Waals surface area contributed by atoms with Gasteiger partial charge in [-0.3, -0.25) is 0 Å². The molecule has 4 nitrogen and oxygen atoms in total. The van der Waals surface area contributed by atoms with Crippen LogP contribution < -0.4 is 9.47 Å². The van der Waals surface area contributed by atoms with Crippen molar-refractivity contribution in [1.82, 2.24) is 0 Å². The Morgan fingerprint density at radius 3 is 2.89 bits per heavy atom. The first-order chi connectivity index (χ1) is 8.76. The van der Waals surface area contributed by atoms with Crippen LogP contribution in [-0.2, 0) is 9.53 Å². The molecule has 0 saturated heterocycles. The zero-order valence-corrected chi connectivity index (χ0v) is 10.6. The van der Waals surface area contributed by atoms with Gasteiger partial charge in [0.2, 0.25) is 0 Å². The van der Waals surface area contributed by atoms with E-state index in [0.29, 0.717) is 30.3 Å². The molecule has 0 fully saturated rings. The minimum Gasteiger partial charge on any atom is -0.490 e. The first kappa shape index (κ1) is 12.5. The predicted molar refractivity (Wildman–Crippen MR) is 67.7 cm³/mol. The van der Waals surface area contributed by atoms with Crippen LogP contribution in [0.4, 0.5) is 0 Å². The van der Waals surface area contributed by atoms with Crippen LogP contribution in [0.3, 0.4) is 0 Å². The largest absolute Gasteiger partial charge is 0.490 e. The zero-order valence-electron chi connectivity index (χ0n) is 10.6. The van der Waals surface area contributed by atoms with Gasteiger partial charge in [-0.1, -0.05) is 12.1 Å². The molecule has 0 N–H and O–H groups in total. The van der Waals surface area contributed by atoms with E-state index in [4.69, 9.17) is 14.2 Å².